The van der Waals surface area contributed by atoms with Crippen molar-refractivity contribution in [3.8, 4) is 0 Å². The number of nitrogens with one attached hydrogen (secondary N) is 2. The van der Waals surface area contributed by atoms with Gasteiger partial charge in [0.15, 0.2) is 0 Å². The number of rotatable bonds is 12. The van der Waals surface area contributed by atoms with Crippen LogP contribution in [0.5, 0.6) is 0 Å². The van der Waals surface area contributed by atoms with Gasteiger partial charge in [-0.05, 0) is 37.5 Å². The lowest BCUT2D eigenvalue weighted by molar-refractivity contribution is -0.140. The van der Waals surface area contributed by atoms with E-state index in [9.17, 15) is 18.0 Å². The van der Waals surface area contributed by atoms with Crippen LogP contribution in [-0.4, -0.2) is 54.2 Å². The highest BCUT2D eigenvalue weighted by Gasteiger charge is 2.17. The van der Waals surface area contributed by atoms with Crippen LogP contribution in [0, 0.1) is 6.92 Å². The van der Waals surface area contributed by atoms with Crippen LogP contribution in [0.25, 0.3) is 0 Å². The predicted molar refractivity (Wildman–Crippen MR) is 101 cm³/mol. The van der Waals surface area contributed by atoms with Crippen molar-refractivity contribution in [2.75, 3.05) is 33.9 Å². The molecule has 152 valence electrons. The van der Waals surface area contributed by atoms with Gasteiger partial charge in [0.05, 0.1) is 18.6 Å². The van der Waals surface area contributed by atoms with Gasteiger partial charge >= 0.3 is 5.97 Å². The van der Waals surface area contributed by atoms with Gasteiger partial charge in [-0.2, -0.15) is 0 Å². The van der Waals surface area contributed by atoms with Gasteiger partial charge in [-0.1, -0.05) is 12.5 Å². The van der Waals surface area contributed by atoms with E-state index in [2.05, 4.69) is 14.8 Å². The molecule has 0 atom stereocenters. The molecule has 0 saturated carbocycles. The van der Waals surface area contributed by atoms with E-state index in [0.717, 1.165) is 12.8 Å². The predicted octanol–water partition coefficient (Wildman–Crippen LogP) is 1.38. The van der Waals surface area contributed by atoms with Crippen LogP contribution in [0.3, 0.4) is 0 Å². The van der Waals surface area contributed by atoms with Crippen LogP contribution >= 0.6 is 0 Å². The van der Waals surface area contributed by atoms with Crippen molar-refractivity contribution in [1.82, 2.24) is 10.0 Å². The van der Waals surface area contributed by atoms with Crippen molar-refractivity contribution >= 4 is 21.9 Å². The van der Waals surface area contributed by atoms with E-state index in [1.165, 1.54) is 26.4 Å². The molecule has 27 heavy (non-hydrogen) atoms. The molecule has 8 nitrogen and oxygen atoms in total. The second-order valence-electron chi connectivity index (χ2n) is 6.01. The normalized spacial score (nSPS) is 11.2. The van der Waals surface area contributed by atoms with Gasteiger partial charge in [-0.15, -0.1) is 0 Å². The molecule has 0 radical (unpaired) electrons. The number of unbranched alkanes of at least 4 members (excludes halogenated alkanes) is 2. The number of esters is 1. The Labute approximate surface area is 160 Å². The molecule has 0 saturated heterocycles. The lowest BCUT2D eigenvalue weighted by Gasteiger charge is -2.11. The van der Waals surface area contributed by atoms with Crippen LogP contribution in [-0.2, 0) is 24.3 Å². The Morgan fingerprint density at radius 3 is 2.48 bits per heavy atom. The van der Waals surface area contributed by atoms with Crippen molar-refractivity contribution in [3.05, 3.63) is 29.3 Å². The van der Waals surface area contributed by atoms with Crippen molar-refractivity contribution in [2.45, 2.75) is 37.5 Å². The van der Waals surface area contributed by atoms with E-state index in [4.69, 9.17) is 4.74 Å². The number of methoxy groups -OCH3 is 2. The molecule has 0 bridgehead atoms. The summed E-state index contributed by atoms with van der Waals surface area (Å²) >= 11 is 0. The zero-order valence-electron chi connectivity index (χ0n) is 16.0. The van der Waals surface area contributed by atoms with Crippen LogP contribution in [0.1, 0.15) is 41.6 Å². The smallest absolute Gasteiger partial charge is 0.305 e. The average Bonchev–Trinajstić information content (AvgIpc) is 2.64. The minimum atomic E-state index is -3.70. The molecular weight excluding hydrogens is 372 g/mol. The standard InChI is InChI=1S/C18H28N2O6S/c1-14-8-9-15(27(23,24)20-11-12-25-2)13-16(14)18(22)19-10-6-4-5-7-17(21)26-3/h8-9,13,20H,4-7,10-12H2,1-3H3,(H,19,22). The molecule has 0 unspecified atom stereocenters. The fourth-order valence-corrected chi connectivity index (χ4v) is 3.38. The molecule has 0 fully saturated rings. The second-order valence-corrected chi connectivity index (χ2v) is 7.78. The number of sulfonamides is 1. The Bertz CT molecular complexity index is 733. The van der Waals surface area contributed by atoms with E-state index < -0.39 is 10.0 Å². The molecule has 1 aromatic carbocycles. The first-order chi connectivity index (χ1) is 12.8. The molecule has 1 rings (SSSR count). The van der Waals surface area contributed by atoms with Gasteiger partial charge in [0.2, 0.25) is 10.0 Å². The molecule has 0 aliphatic heterocycles. The van der Waals surface area contributed by atoms with E-state index in [1.54, 1.807) is 13.0 Å². The minimum Gasteiger partial charge on any atom is -0.469 e. The number of aryl methyl sites for hydroxylation is 1. The lowest BCUT2D eigenvalue weighted by Crippen LogP contribution is -2.28. The summed E-state index contributed by atoms with van der Waals surface area (Å²) in [4.78, 5) is 23.4. The first-order valence-electron chi connectivity index (χ1n) is 8.76. The summed E-state index contributed by atoms with van der Waals surface area (Å²) in [5.74, 6) is -0.568. The summed E-state index contributed by atoms with van der Waals surface area (Å²) in [6.45, 7) is 2.61. The molecule has 9 heteroatoms. The largest absolute Gasteiger partial charge is 0.469 e. The average molecular weight is 400 g/mol. The third-order valence-electron chi connectivity index (χ3n) is 3.93. The molecular formula is C18H28N2O6S. The van der Waals surface area contributed by atoms with Gasteiger partial charge in [-0.25, -0.2) is 13.1 Å². The van der Waals surface area contributed by atoms with Crippen LogP contribution in [0.4, 0.5) is 0 Å². The minimum absolute atomic E-state index is 0.0347. The lowest BCUT2D eigenvalue weighted by atomic mass is 10.1. The van der Waals surface area contributed by atoms with Crippen LogP contribution in [0.2, 0.25) is 0 Å². The van der Waals surface area contributed by atoms with E-state index in [1.807, 2.05) is 0 Å². The van der Waals surface area contributed by atoms with Crippen molar-refractivity contribution in [3.63, 3.8) is 0 Å². The quantitative estimate of drug-likeness (QED) is 0.405. The topological polar surface area (TPSA) is 111 Å². The summed E-state index contributed by atoms with van der Waals surface area (Å²) in [5, 5.41) is 2.78. The summed E-state index contributed by atoms with van der Waals surface area (Å²) in [7, 11) is -0.865. The summed E-state index contributed by atoms with van der Waals surface area (Å²) in [5.41, 5.74) is 1.01. The Morgan fingerprint density at radius 1 is 1.07 bits per heavy atom. The fraction of sp³-hybridized carbons (Fsp3) is 0.556. The van der Waals surface area contributed by atoms with Crippen molar-refractivity contribution < 1.29 is 27.5 Å². The van der Waals surface area contributed by atoms with Crippen LogP contribution < -0.4 is 10.0 Å². The van der Waals surface area contributed by atoms with Gasteiger partial charge in [0, 0.05) is 32.2 Å². The highest BCUT2D eigenvalue weighted by atomic mass is 32.2. The van der Waals surface area contributed by atoms with Gasteiger partial charge < -0.3 is 14.8 Å². The van der Waals surface area contributed by atoms with Crippen molar-refractivity contribution in [1.29, 1.82) is 0 Å². The molecule has 2 N–H and O–H groups in total. The number of benzene rings is 1. The summed E-state index contributed by atoms with van der Waals surface area (Å²) in [6, 6.07) is 4.45. The highest BCUT2D eigenvalue weighted by Crippen LogP contribution is 2.15. The molecule has 1 aromatic rings. The molecule has 0 aliphatic rings. The highest BCUT2D eigenvalue weighted by molar-refractivity contribution is 7.89. The Morgan fingerprint density at radius 2 is 1.81 bits per heavy atom. The Hall–Kier alpha value is -1.97. The first-order valence-corrected chi connectivity index (χ1v) is 10.2. The molecule has 0 aromatic heterocycles. The number of carbonyl (C=O) groups excluding carboxylic acids is 2. The number of ether oxygens (including phenoxy) is 2. The number of hydrogen-bond acceptors (Lipinski definition) is 6. The second kappa shape index (κ2) is 11.7. The number of carbonyl (C=O) groups is 2. The number of amides is 1. The Kier molecular flexibility index (Phi) is 9.98. The van der Waals surface area contributed by atoms with E-state index >= 15 is 0 Å². The monoisotopic (exact) mass is 400 g/mol. The summed E-state index contributed by atoms with van der Waals surface area (Å²) < 4.78 is 36.4. The maximum Gasteiger partial charge on any atom is 0.305 e. The SMILES string of the molecule is COCCNS(=O)(=O)c1ccc(C)c(C(=O)NCCCCCC(=O)OC)c1. The van der Waals surface area contributed by atoms with Gasteiger partial charge in [0.1, 0.15) is 0 Å². The summed E-state index contributed by atoms with van der Waals surface area (Å²) in [6.07, 6.45) is 2.56. The zero-order valence-corrected chi connectivity index (χ0v) is 16.9. The van der Waals surface area contributed by atoms with Crippen molar-refractivity contribution in [2.24, 2.45) is 0 Å². The molecule has 0 aliphatic carbocycles. The van der Waals surface area contributed by atoms with Gasteiger partial charge in [0.25, 0.3) is 5.91 Å². The van der Waals surface area contributed by atoms with E-state index in [-0.39, 0.29) is 29.9 Å². The first kappa shape index (κ1) is 23.1. The molecule has 0 spiro atoms. The molecule has 1 amide bonds. The van der Waals surface area contributed by atoms with Gasteiger partial charge in [-0.3, -0.25) is 9.59 Å². The Balaban J connectivity index is 2.60. The van der Waals surface area contributed by atoms with E-state index in [0.29, 0.717) is 30.5 Å². The third kappa shape index (κ3) is 8.06. The van der Waals surface area contributed by atoms with Crippen LogP contribution in [0.15, 0.2) is 23.1 Å². The maximum absolute atomic E-state index is 12.4. The maximum atomic E-state index is 12.4. The molecule has 0 heterocycles. The zero-order chi connectivity index (χ0) is 20.3. The third-order valence-corrected chi connectivity index (χ3v) is 5.39. The fourth-order valence-electron chi connectivity index (χ4n) is 2.34. The number of hydrogen-bond donors (Lipinski definition) is 2.